The van der Waals surface area contributed by atoms with Crippen LogP contribution in [0, 0.1) is 26.6 Å². The summed E-state index contributed by atoms with van der Waals surface area (Å²) in [7, 11) is 0. The molecule has 2 rings (SSSR count). The van der Waals surface area contributed by atoms with Crippen molar-refractivity contribution in [3.63, 3.8) is 0 Å². The lowest BCUT2D eigenvalue weighted by Gasteiger charge is -2.13. The lowest BCUT2D eigenvalue weighted by atomic mass is 10.1. The summed E-state index contributed by atoms with van der Waals surface area (Å²) >= 11 is 0. The maximum Gasteiger partial charge on any atom is 0.123 e. The molecule has 0 aliphatic carbocycles. The van der Waals surface area contributed by atoms with Gasteiger partial charge in [0.05, 0.1) is 0 Å². The van der Waals surface area contributed by atoms with E-state index in [4.69, 9.17) is 0 Å². The minimum absolute atomic E-state index is 0.221. The number of phenolic OH excluding ortho intramolecular Hbond substituents is 1. The molecule has 19 heavy (non-hydrogen) atoms. The minimum atomic E-state index is -0.221. The van der Waals surface area contributed by atoms with Crippen LogP contribution in [-0.2, 0) is 6.54 Å². The zero-order valence-electron chi connectivity index (χ0n) is 11.4. The number of benzene rings is 2. The Labute approximate surface area is 112 Å². The van der Waals surface area contributed by atoms with Crippen LogP contribution in [0.25, 0.3) is 0 Å². The molecule has 2 aromatic carbocycles. The third-order valence-electron chi connectivity index (χ3n) is 3.32. The van der Waals surface area contributed by atoms with Gasteiger partial charge < -0.3 is 10.4 Å². The predicted molar refractivity (Wildman–Crippen MR) is 76.0 cm³/mol. The van der Waals surface area contributed by atoms with Gasteiger partial charge in [0.15, 0.2) is 0 Å². The summed E-state index contributed by atoms with van der Waals surface area (Å²) in [4.78, 5) is 0. The quantitative estimate of drug-likeness (QED) is 0.814. The highest BCUT2D eigenvalue weighted by atomic mass is 19.1. The first-order valence-electron chi connectivity index (χ1n) is 6.26. The van der Waals surface area contributed by atoms with Crippen LogP contribution >= 0.6 is 0 Å². The average molecular weight is 259 g/mol. The van der Waals surface area contributed by atoms with Gasteiger partial charge in [-0.15, -0.1) is 0 Å². The van der Waals surface area contributed by atoms with Gasteiger partial charge in [0, 0.05) is 12.2 Å². The van der Waals surface area contributed by atoms with Gasteiger partial charge in [0.1, 0.15) is 11.6 Å². The van der Waals surface area contributed by atoms with Crippen LogP contribution in [0.15, 0.2) is 30.3 Å². The van der Waals surface area contributed by atoms with Gasteiger partial charge in [-0.2, -0.15) is 0 Å². The van der Waals surface area contributed by atoms with Crippen molar-refractivity contribution in [3.05, 3.63) is 58.4 Å². The van der Waals surface area contributed by atoms with Crippen LogP contribution in [0.3, 0.4) is 0 Å². The number of aryl methyl sites for hydroxylation is 3. The van der Waals surface area contributed by atoms with Crippen molar-refractivity contribution in [1.82, 2.24) is 0 Å². The summed E-state index contributed by atoms with van der Waals surface area (Å²) in [6, 6.07) is 8.43. The second kappa shape index (κ2) is 5.31. The fraction of sp³-hybridized carbons (Fsp3) is 0.250. The first-order valence-corrected chi connectivity index (χ1v) is 6.26. The normalized spacial score (nSPS) is 10.5. The molecule has 0 bridgehead atoms. The van der Waals surface area contributed by atoms with Crippen molar-refractivity contribution in [3.8, 4) is 5.75 Å². The van der Waals surface area contributed by atoms with Gasteiger partial charge in [0.25, 0.3) is 0 Å². The summed E-state index contributed by atoms with van der Waals surface area (Å²) < 4.78 is 13.2. The molecule has 0 amide bonds. The van der Waals surface area contributed by atoms with E-state index in [-0.39, 0.29) is 5.82 Å². The highest BCUT2D eigenvalue weighted by Gasteiger charge is 2.05. The minimum Gasteiger partial charge on any atom is -0.508 e. The van der Waals surface area contributed by atoms with E-state index >= 15 is 0 Å². The molecule has 0 heterocycles. The van der Waals surface area contributed by atoms with E-state index in [9.17, 15) is 9.50 Å². The molecule has 0 unspecified atom stereocenters. The Morgan fingerprint density at radius 1 is 1.00 bits per heavy atom. The molecule has 2 nitrogen and oxygen atoms in total. The Kier molecular flexibility index (Phi) is 3.74. The molecule has 0 atom stereocenters. The number of hydrogen-bond acceptors (Lipinski definition) is 2. The van der Waals surface area contributed by atoms with Gasteiger partial charge in [0.2, 0.25) is 0 Å². The molecule has 2 aromatic rings. The van der Waals surface area contributed by atoms with E-state index in [0.29, 0.717) is 12.3 Å². The number of aromatic hydroxyl groups is 1. The third kappa shape index (κ3) is 3.05. The van der Waals surface area contributed by atoms with Crippen molar-refractivity contribution < 1.29 is 9.50 Å². The van der Waals surface area contributed by atoms with E-state index in [1.165, 1.54) is 6.07 Å². The van der Waals surface area contributed by atoms with E-state index in [1.807, 2.05) is 26.8 Å². The molecule has 0 radical (unpaired) electrons. The first kappa shape index (κ1) is 13.4. The summed E-state index contributed by atoms with van der Waals surface area (Å²) in [5.41, 5.74) is 4.74. The number of rotatable bonds is 3. The van der Waals surface area contributed by atoms with E-state index < -0.39 is 0 Å². The van der Waals surface area contributed by atoms with E-state index in [2.05, 4.69) is 5.32 Å². The number of hydrogen-bond donors (Lipinski definition) is 2. The predicted octanol–water partition coefficient (Wildman–Crippen LogP) is 4.07. The second-order valence-corrected chi connectivity index (χ2v) is 4.88. The Bertz CT molecular complexity index is 608. The molecule has 0 aromatic heterocycles. The van der Waals surface area contributed by atoms with E-state index in [0.717, 1.165) is 27.9 Å². The van der Waals surface area contributed by atoms with Gasteiger partial charge in [-0.1, -0.05) is 6.07 Å². The van der Waals surface area contributed by atoms with Crippen molar-refractivity contribution >= 4 is 5.69 Å². The van der Waals surface area contributed by atoms with Crippen molar-refractivity contribution in [1.29, 1.82) is 0 Å². The molecule has 0 saturated carbocycles. The largest absolute Gasteiger partial charge is 0.508 e. The fourth-order valence-corrected chi connectivity index (χ4v) is 2.01. The fourth-order valence-electron chi connectivity index (χ4n) is 2.01. The van der Waals surface area contributed by atoms with Crippen LogP contribution in [-0.4, -0.2) is 5.11 Å². The molecule has 100 valence electrons. The molecular weight excluding hydrogens is 241 g/mol. The molecule has 0 aliphatic rings. The number of nitrogens with one attached hydrogen (secondary N) is 1. The Hall–Kier alpha value is -2.03. The molecule has 2 N–H and O–H groups in total. The molecule has 0 saturated heterocycles. The molecule has 0 fully saturated rings. The standard InChI is InChI=1S/C16H18FNO/c1-10-4-5-14(17)8-13(10)9-18-15-6-12(3)16(19)7-11(15)2/h4-8,18-19H,9H2,1-3H3. The summed E-state index contributed by atoms with van der Waals surface area (Å²) in [5, 5.41) is 12.9. The average Bonchev–Trinajstić information content (AvgIpc) is 2.36. The van der Waals surface area contributed by atoms with Crippen molar-refractivity contribution in [2.45, 2.75) is 27.3 Å². The highest BCUT2D eigenvalue weighted by molar-refractivity contribution is 5.57. The van der Waals surface area contributed by atoms with Crippen LogP contribution in [0.4, 0.5) is 10.1 Å². The lowest BCUT2D eigenvalue weighted by Crippen LogP contribution is -2.03. The number of anilines is 1. The van der Waals surface area contributed by atoms with Gasteiger partial charge in [-0.3, -0.25) is 0 Å². The second-order valence-electron chi connectivity index (χ2n) is 4.88. The van der Waals surface area contributed by atoms with E-state index in [1.54, 1.807) is 18.2 Å². The smallest absolute Gasteiger partial charge is 0.123 e. The Morgan fingerprint density at radius 3 is 2.47 bits per heavy atom. The van der Waals surface area contributed by atoms with Gasteiger partial charge >= 0.3 is 0 Å². The lowest BCUT2D eigenvalue weighted by molar-refractivity contribution is 0.471. The number of halogens is 1. The molecular formula is C16H18FNO. The maximum absolute atomic E-state index is 13.2. The molecule has 0 aliphatic heterocycles. The number of phenols is 1. The Balaban J connectivity index is 2.19. The van der Waals surface area contributed by atoms with Crippen LogP contribution < -0.4 is 5.32 Å². The topological polar surface area (TPSA) is 32.3 Å². The van der Waals surface area contributed by atoms with Gasteiger partial charge in [-0.25, -0.2) is 4.39 Å². The SMILES string of the molecule is Cc1cc(NCc2cc(F)ccc2C)c(C)cc1O. The molecule has 0 spiro atoms. The monoisotopic (exact) mass is 259 g/mol. The highest BCUT2D eigenvalue weighted by Crippen LogP contribution is 2.25. The summed E-state index contributed by atoms with van der Waals surface area (Å²) in [5.74, 6) is 0.0750. The first-order chi connectivity index (χ1) is 8.97. The van der Waals surface area contributed by atoms with Crippen LogP contribution in [0.1, 0.15) is 22.3 Å². The zero-order chi connectivity index (χ0) is 14.0. The zero-order valence-corrected chi connectivity index (χ0v) is 11.4. The van der Waals surface area contributed by atoms with Gasteiger partial charge in [-0.05, 0) is 67.3 Å². The molecule has 3 heteroatoms. The van der Waals surface area contributed by atoms with Crippen LogP contribution in [0.2, 0.25) is 0 Å². The Morgan fingerprint density at radius 2 is 1.74 bits per heavy atom. The third-order valence-corrected chi connectivity index (χ3v) is 3.32. The van der Waals surface area contributed by atoms with Crippen LogP contribution in [0.5, 0.6) is 5.75 Å². The summed E-state index contributed by atoms with van der Waals surface area (Å²) in [6.45, 7) is 6.31. The summed E-state index contributed by atoms with van der Waals surface area (Å²) in [6.07, 6.45) is 0. The van der Waals surface area contributed by atoms with Crippen molar-refractivity contribution in [2.75, 3.05) is 5.32 Å². The maximum atomic E-state index is 13.2. The van der Waals surface area contributed by atoms with Crippen molar-refractivity contribution in [2.24, 2.45) is 0 Å².